The van der Waals surface area contributed by atoms with Gasteiger partial charge in [-0.15, -0.1) is 0 Å². The van der Waals surface area contributed by atoms with Gasteiger partial charge in [0.25, 0.3) is 0 Å². The van der Waals surface area contributed by atoms with Crippen LogP contribution < -0.4 is 20.1 Å². The number of hydrogen-bond donors (Lipinski definition) is 2. The number of methoxy groups -OCH3 is 2. The number of hydrogen-bond acceptors (Lipinski definition) is 3. The first-order chi connectivity index (χ1) is 11.5. The third-order valence-electron chi connectivity index (χ3n) is 3.83. The van der Waals surface area contributed by atoms with Gasteiger partial charge in [0, 0.05) is 6.54 Å². The van der Waals surface area contributed by atoms with E-state index in [1.54, 1.807) is 14.2 Å². The SMILES string of the molecule is COc1ccc(C(C)NC(=S)NCc2ccc(C)cc2)cc1OC. The molecule has 0 amide bonds. The molecule has 0 saturated carbocycles. The summed E-state index contributed by atoms with van der Waals surface area (Å²) in [5.41, 5.74) is 3.53. The summed E-state index contributed by atoms with van der Waals surface area (Å²) in [6.07, 6.45) is 0. The molecule has 2 rings (SSSR count). The van der Waals surface area contributed by atoms with Gasteiger partial charge in [-0.1, -0.05) is 35.9 Å². The molecule has 4 nitrogen and oxygen atoms in total. The van der Waals surface area contributed by atoms with E-state index in [0.717, 1.165) is 5.56 Å². The molecular weight excluding hydrogens is 320 g/mol. The minimum Gasteiger partial charge on any atom is -0.493 e. The lowest BCUT2D eigenvalue weighted by molar-refractivity contribution is 0.354. The van der Waals surface area contributed by atoms with Crippen molar-refractivity contribution in [1.82, 2.24) is 10.6 Å². The molecule has 0 fully saturated rings. The van der Waals surface area contributed by atoms with Crippen molar-refractivity contribution in [3.63, 3.8) is 0 Å². The molecule has 1 atom stereocenters. The third kappa shape index (κ3) is 4.86. The van der Waals surface area contributed by atoms with Crippen molar-refractivity contribution in [2.45, 2.75) is 26.4 Å². The molecule has 0 aliphatic carbocycles. The zero-order valence-electron chi connectivity index (χ0n) is 14.6. The summed E-state index contributed by atoms with van der Waals surface area (Å²) < 4.78 is 10.6. The van der Waals surface area contributed by atoms with Crippen LogP contribution in [0, 0.1) is 6.92 Å². The van der Waals surface area contributed by atoms with Gasteiger partial charge in [0.05, 0.1) is 20.3 Å². The van der Waals surface area contributed by atoms with E-state index in [1.807, 2.05) is 18.2 Å². The van der Waals surface area contributed by atoms with E-state index >= 15 is 0 Å². The molecule has 2 N–H and O–H groups in total. The van der Waals surface area contributed by atoms with Crippen LogP contribution in [-0.4, -0.2) is 19.3 Å². The first-order valence-corrected chi connectivity index (χ1v) is 8.26. The maximum Gasteiger partial charge on any atom is 0.167 e. The van der Waals surface area contributed by atoms with Crippen molar-refractivity contribution < 1.29 is 9.47 Å². The van der Waals surface area contributed by atoms with Crippen LogP contribution >= 0.6 is 12.2 Å². The molecule has 0 bridgehead atoms. The molecule has 5 heteroatoms. The molecule has 0 spiro atoms. The molecule has 128 valence electrons. The Bertz CT molecular complexity index is 686. The van der Waals surface area contributed by atoms with Crippen molar-refractivity contribution >= 4 is 17.3 Å². The average molecular weight is 344 g/mol. The van der Waals surface area contributed by atoms with Crippen molar-refractivity contribution in [3.05, 3.63) is 59.2 Å². The Morgan fingerprint density at radius 2 is 1.71 bits per heavy atom. The first kappa shape index (κ1) is 18.1. The minimum absolute atomic E-state index is 0.0582. The molecular formula is C19H24N2O2S. The third-order valence-corrected chi connectivity index (χ3v) is 4.09. The zero-order chi connectivity index (χ0) is 17.5. The summed E-state index contributed by atoms with van der Waals surface area (Å²) in [6.45, 7) is 4.83. The predicted octanol–water partition coefficient (Wildman–Crippen LogP) is 3.74. The molecule has 1 unspecified atom stereocenters. The van der Waals surface area contributed by atoms with Crippen LogP contribution in [0.1, 0.15) is 29.7 Å². The van der Waals surface area contributed by atoms with Gasteiger partial charge in [-0.3, -0.25) is 0 Å². The maximum absolute atomic E-state index is 5.39. The quantitative estimate of drug-likeness (QED) is 0.782. The molecule has 0 heterocycles. The Hall–Kier alpha value is -2.27. The van der Waals surface area contributed by atoms with Crippen LogP contribution in [0.3, 0.4) is 0 Å². The smallest absolute Gasteiger partial charge is 0.167 e. The minimum atomic E-state index is 0.0582. The maximum atomic E-state index is 5.39. The highest BCUT2D eigenvalue weighted by Crippen LogP contribution is 2.29. The number of ether oxygens (including phenoxy) is 2. The zero-order valence-corrected chi connectivity index (χ0v) is 15.4. The Balaban J connectivity index is 1.92. The van der Waals surface area contributed by atoms with Gasteiger partial charge in [-0.2, -0.15) is 0 Å². The van der Waals surface area contributed by atoms with Gasteiger partial charge >= 0.3 is 0 Å². The summed E-state index contributed by atoms with van der Waals surface area (Å²) in [5, 5.41) is 7.15. The van der Waals surface area contributed by atoms with Crippen LogP contribution in [0.15, 0.2) is 42.5 Å². The van der Waals surface area contributed by atoms with Gasteiger partial charge in [-0.25, -0.2) is 0 Å². The standard InChI is InChI=1S/C19H24N2O2S/c1-13-5-7-15(8-6-13)12-20-19(24)21-14(2)16-9-10-17(22-3)18(11-16)23-4/h5-11,14H,12H2,1-4H3,(H2,20,21,24). The second-order valence-electron chi connectivity index (χ2n) is 5.65. The number of rotatable bonds is 6. The van der Waals surface area contributed by atoms with Gasteiger partial charge in [0.15, 0.2) is 16.6 Å². The van der Waals surface area contributed by atoms with Crippen LogP contribution in [0.25, 0.3) is 0 Å². The Kier molecular flexibility index (Phi) is 6.44. The topological polar surface area (TPSA) is 42.5 Å². The highest BCUT2D eigenvalue weighted by atomic mass is 32.1. The van der Waals surface area contributed by atoms with Gasteiger partial charge in [-0.05, 0) is 49.3 Å². The summed E-state index contributed by atoms with van der Waals surface area (Å²) in [5.74, 6) is 1.43. The fourth-order valence-corrected chi connectivity index (χ4v) is 2.59. The highest BCUT2D eigenvalue weighted by Gasteiger charge is 2.11. The Labute approximate surface area is 149 Å². The van der Waals surface area contributed by atoms with E-state index < -0.39 is 0 Å². The number of thiocarbonyl (C=S) groups is 1. The monoisotopic (exact) mass is 344 g/mol. The largest absolute Gasteiger partial charge is 0.493 e. The predicted molar refractivity (Wildman–Crippen MR) is 102 cm³/mol. The van der Waals surface area contributed by atoms with Crippen LogP contribution in [0.4, 0.5) is 0 Å². The fraction of sp³-hybridized carbons (Fsp3) is 0.316. The lowest BCUT2D eigenvalue weighted by atomic mass is 10.1. The molecule has 0 saturated heterocycles. The van der Waals surface area contributed by atoms with Crippen LogP contribution in [0.2, 0.25) is 0 Å². The number of benzene rings is 2. The molecule has 2 aromatic rings. The molecule has 0 radical (unpaired) electrons. The van der Waals surface area contributed by atoms with Crippen molar-refractivity contribution in [2.75, 3.05) is 14.2 Å². The lowest BCUT2D eigenvalue weighted by Crippen LogP contribution is -2.36. The summed E-state index contributed by atoms with van der Waals surface area (Å²) in [4.78, 5) is 0. The number of aryl methyl sites for hydroxylation is 1. The normalized spacial score (nSPS) is 11.5. The summed E-state index contributed by atoms with van der Waals surface area (Å²) in [7, 11) is 3.26. The van der Waals surface area contributed by atoms with Crippen molar-refractivity contribution in [3.8, 4) is 11.5 Å². The first-order valence-electron chi connectivity index (χ1n) is 7.85. The van der Waals surface area contributed by atoms with Crippen LogP contribution in [-0.2, 0) is 6.54 Å². The molecule has 2 aromatic carbocycles. The Morgan fingerprint density at radius 3 is 2.33 bits per heavy atom. The second kappa shape index (κ2) is 8.55. The number of nitrogens with one attached hydrogen (secondary N) is 2. The fourth-order valence-electron chi connectivity index (χ4n) is 2.34. The van der Waals surface area contributed by atoms with Crippen LogP contribution in [0.5, 0.6) is 11.5 Å². The molecule has 0 aromatic heterocycles. The van der Waals surface area contributed by atoms with Gasteiger partial charge in [0.2, 0.25) is 0 Å². The second-order valence-corrected chi connectivity index (χ2v) is 6.06. The molecule has 0 aliphatic heterocycles. The average Bonchev–Trinajstić information content (AvgIpc) is 2.60. The lowest BCUT2D eigenvalue weighted by Gasteiger charge is -2.19. The van der Waals surface area contributed by atoms with E-state index in [0.29, 0.717) is 23.2 Å². The van der Waals surface area contributed by atoms with E-state index in [-0.39, 0.29) is 6.04 Å². The van der Waals surface area contributed by atoms with E-state index in [9.17, 15) is 0 Å². The Morgan fingerprint density at radius 1 is 1.04 bits per heavy atom. The molecule has 0 aliphatic rings. The van der Waals surface area contributed by atoms with Gasteiger partial charge < -0.3 is 20.1 Å². The molecule has 24 heavy (non-hydrogen) atoms. The summed E-state index contributed by atoms with van der Waals surface area (Å²) in [6, 6.07) is 14.3. The van der Waals surface area contributed by atoms with Crippen molar-refractivity contribution in [1.29, 1.82) is 0 Å². The van der Waals surface area contributed by atoms with E-state index in [2.05, 4.69) is 48.7 Å². The summed E-state index contributed by atoms with van der Waals surface area (Å²) >= 11 is 5.39. The van der Waals surface area contributed by atoms with E-state index in [1.165, 1.54) is 11.1 Å². The van der Waals surface area contributed by atoms with E-state index in [4.69, 9.17) is 21.7 Å². The highest BCUT2D eigenvalue weighted by molar-refractivity contribution is 7.80. The van der Waals surface area contributed by atoms with Crippen molar-refractivity contribution in [2.24, 2.45) is 0 Å². The van der Waals surface area contributed by atoms with Gasteiger partial charge in [0.1, 0.15) is 0 Å².